The van der Waals surface area contributed by atoms with E-state index in [0.717, 1.165) is 25.2 Å². The molecule has 0 saturated heterocycles. The van der Waals surface area contributed by atoms with Crippen molar-refractivity contribution >= 4 is 11.0 Å². The van der Waals surface area contributed by atoms with Gasteiger partial charge in [0.1, 0.15) is 5.82 Å². The number of aromatic nitrogens is 2. The van der Waals surface area contributed by atoms with Gasteiger partial charge in [0.25, 0.3) is 0 Å². The summed E-state index contributed by atoms with van der Waals surface area (Å²) in [5.74, 6) is 1.74. The maximum Gasteiger partial charge on any atom is 0.123 e. The molecular formula is C13H17N3. The Morgan fingerprint density at radius 2 is 2.25 bits per heavy atom. The molecule has 0 radical (unpaired) electrons. The molecule has 1 aliphatic rings. The van der Waals surface area contributed by atoms with Gasteiger partial charge in [-0.25, -0.2) is 4.98 Å². The van der Waals surface area contributed by atoms with Gasteiger partial charge in [-0.05, 0) is 23.6 Å². The summed E-state index contributed by atoms with van der Waals surface area (Å²) in [7, 11) is 0. The van der Waals surface area contributed by atoms with Crippen LogP contribution in [-0.2, 0) is 13.1 Å². The zero-order valence-electron chi connectivity index (χ0n) is 9.83. The largest absolute Gasteiger partial charge is 0.326 e. The van der Waals surface area contributed by atoms with Gasteiger partial charge >= 0.3 is 0 Å². The van der Waals surface area contributed by atoms with Crippen molar-refractivity contribution in [2.45, 2.75) is 32.9 Å². The van der Waals surface area contributed by atoms with E-state index in [1.165, 1.54) is 16.9 Å². The molecule has 0 bridgehead atoms. The van der Waals surface area contributed by atoms with Gasteiger partial charge in [0.2, 0.25) is 0 Å². The molecule has 2 aromatic rings. The van der Waals surface area contributed by atoms with Gasteiger partial charge in [0.05, 0.1) is 17.6 Å². The molecule has 84 valence electrons. The maximum atomic E-state index is 4.70. The molecule has 16 heavy (non-hydrogen) atoms. The van der Waals surface area contributed by atoms with Crippen LogP contribution in [0.25, 0.3) is 11.0 Å². The Balaban J connectivity index is 2.19. The average Bonchev–Trinajstić information content (AvgIpc) is 2.66. The minimum atomic E-state index is 0.571. The van der Waals surface area contributed by atoms with Crippen LogP contribution in [0.4, 0.5) is 0 Å². The van der Waals surface area contributed by atoms with E-state index in [1.54, 1.807) is 0 Å². The highest BCUT2D eigenvalue weighted by Gasteiger charge is 2.14. The van der Waals surface area contributed by atoms with Crippen molar-refractivity contribution < 1.29 is 0 Å². The van der Waals surface area contributed by atoms with Crippen LogP contribution >= 0.6 is 0 Å². The minimum absolute atomic E-state index is 0.571. The standard InChI is InChI=1S/C13H17N3/c1-9(2)10-3-4-12-11(7-10)15-13-8-14-5-6-16(12)13/h3-4,7,9,14H,5-6,8H2,1-2H3. The van der Waals surface area contributed by atoms with Crippen LogP contribution in [0.1, 0.15) is 31.2 Å². The quantitative estimate of drug-likeness (QED) is 0.790. The lowest BCUT2D eigenvalue weighted by molar-refractivity contribution is 0.514. The first kappa shape index (κ1) is 9.85. The lowest BCUT2D eigenvalue weighted by atomic mass is 10.0. The molecule has 0 unspecified atom stereocenters. The predicted molar refractivity (Wildman–Crippen MR) is 65.5 cm³/mol. The molecule has 0 fully saturated rings. The highest BCUT2D eigenvalue weighted by molar-refractivity contribution is 5.77. The number of imidazole rings is 1. The van der Waals surface area contributed by atoms with Crippen molar-refractivity contribution in [1.29, 1.82) is 0 Å². The van der Waals surface area contributed by atoms with E-state index in [-0.39, 0.29) is 0 Å². The molecular weight excluding hydrogens is 198 g/mol. The van der Waals surface area contributed by atoms with E-state index >= 15 is 0 Å². The van der Waals surface area contributed by atoms with Crippen molar-refractivity contribution in [2.24, 2.45) is 0 Å². The number of nitrogens with zero attached hydrogens (tertiary/aromatic N) is 2. The minimum Gasteiger partial charge on any atom is -0.326 e. The molecule has 0 spiro atoms. The zero-order chi connectivity index (χ0) is 11.1. The first-order valence-corrected chi connectivity index (χ1v) is 5.95. The van der Waals surface area contributed by atoms with E-state index in [1.807, 2.05) is 0 Å². The predicted octanol–water partition coefficient (Wildman–Crippen LogP) is 2.26. The van der Waals surface area contributed by atoms with E-state index < -0.39 is 0 Å². The van der Waals surface area contributed by atoms with Crippen LogP contribution in [-0.4, -0.2) is 16.1 Å². The maximum absolute atomic E-state index is 4.70. The average molecular weight is 215 g/mol. The van der Waals surface area contributed by atoms with Crippen LogP contribution in [0, 0.1) is 0 Å². The fourth-order valence-electron chi connectivity index (χ4n) is 2.33. The normalized spacial score (nSPS) is 15.7. The summed E-state index contributed by atoms with van der Waals surface area (Å²) >= 11 is 0. The third-order valence-electron chi connectivity index (χ3n) is 3.31. The number of benzene rings is 1. The van der Waals surface area contributed by atoms with Gasteiger partial charge in [0.15, 0.2) is 0 Å². The number of hydrogen-bond donors (Lipinski definition) is 1. The second kappa shape index (κ2) is 3.59. The Labute approximate surface area is 95.5 Å². The van der Waals surface area contributed by atoms with Gasteiger partial charge in [0, 0.05) is 13.1 Å². The van der Waals surface area contributed by atoms with Gasteiger partial charge < -0.3 is 9.88 Å². The summed E-state index contributed by atoms with van der Waals surface area (Å²) in [6.45, 7) is 7.42. The van der Waals surface area contributed by atoms with Crippen molar-refractivity contribution in [3.8, 4) is 0 Å². The van der Waals surface area contributed by atoms with E-state index in [4.69, 9.17) is 4.98 Å². The van der Waals surface area contributed by atoms with E-state index in [0.29, 0.717) is 5.92 Å². The molecule has 3 heteroatoms. The molecule has 1 aliphatic heterocycles. The lowest BCUT2D eigenvalue weighted by Crippen LogP contribution is -2.28. The summed E-state index contributed by atoms with van der Waals surface area (Å²) in [5.41, 5.74) is 3.79. The van der Waals surface area contributed by atoms with Crippen LogP contribution in [0.2, 0.25) is 0 Å². The molecule has 3 nitrogen and oxygen atoms in total. The molecule has 0 amide bonds. The lowest BCUT2D eigenvalue weighted by Gasteiger charge is -2.15. The fraction of sp³-hybridized carbons (Fsp3) is 0.462. The third-order valence-corrected chi connectivity index (χ3v) is 3.31. The van der Waals surface area contributed by atoms with Gasteiger partial charge in [-0.15, -0.1) is 0 Å². The second-order valence-corrected chi connectivity index (χ2v) is 4.76. The summed E-state index contributed by atoms with van der Waals surface area (Å²) < 4.78 is 2.33. The first-order chi connectivity index (χ1) is 7.75. The van der Waals surface area contributed by atoms with Crippen molar-refractivity contribution in [3.05, 3.63) is 29.6 Å². The van der Waals surface area contributed by atoms with Gasteiger partial charge in [-0.3, -0.25) is 0 Å². The van der Waals surface area contributed by atoms with Crippen molar-refractivity contribution in [2.75, 3.05) is 6.54 Å². The Kier molecular flexibility index (Phi) is 2.21. The number of hydrogen-bond acceptors (Lipinski definition) is 2. The van der Waals surface area contributed by atoms with Crippen LogP contribution in [0.3, 0.4) is 0 Å². The molecule has 3 rings (SSSR count). The molecule has 1 aromatic carbocycles. The number of rotatable bonds is 1. The Morgan fingerprint density at radius 3 is 3.06 bits per heavy atom. The van der Waals surface area contributed by atoms with Crippen molar-refractivity contribution in [3.63, 3.8) is 0 Å². The summed E-state index contributed by atoms with van der Waals surface area (Å²) in [6.07, 6.45) is 0. The van der Waals surface area contributed by atoms with Crippen molar-refractivity contribution in [1.82, 2.24) is 14.9 Å². The highest BCUT2D eigenvalue weighted by atomic mass is 15.2. The summed E-state index contributed by atoms with van der Waals surface area (Å²) in [5, 5.41) is 3.36. The molecule has 0 saturated carbocycles. The fourth-order valence-corrected chi connectivity index (χ4v) is 2.33. The monoisotopic (exact) mass is 215 g/mol. The Morgan fingerprint density at radius 1 is 1.38 bits per heavy atom. The van der Waals surface area contributed by atoms with Crippen LogP contribution < -0.4 is 5.32 Å². The molecule has 1 N–H and O–H groups in total. The van der Waals surface area contributed by atoms with Crippen LogP contribution in [0.15, 0.2) is 18.2 Å². The van der Waals surface area contributed by atoms with Gasteiger partial charge in [-0.2, -0.15) is 0 Å². The number of nitrogens with one attached hydrogen (secondary N) is 1. The van der Waals surface area contributed by atoms with Gasteiger partial charge in [-0.1, -0.05) is 19.9 Å². The van der Waals surface area contributed by atoms with E-state index in [9.17, 15) is 0 Å². The summed E-state index contributed by atoms with van der Waals surface area (Å²) in [4.78, 5) is 4.70. The zero-order valence-corrected chi connectivity index (χ0v) is 9.83. The smallest absolute Gasteiger partial charge is 0.123 e. The highest BCUT2D eigenvalue weighted by Crippen LogP contribution is 2.23. The van der Waals surface area contributed by atoms with Crippen LogP contribution in [0.5, 0.6) is 0 Å². The second-order valence-electron chi connectivity index (χ2n) is 4.76. The number of fused-ring (bicyclic) bond motifs is 3. The molecule has 0 aliphatic carbocycles. The molecule has 0 atom stereocenters. The first-order valence-electron chi connectivity index (χ1n) is 5.95. The Hall–Kier alpha value is -1.35. The molecule has 2 heterocycles. The topological polar surface area (TPSA) is 29.9 Å². The van der Waals surface area contributed by atoms with E-state index in [2.05, 4.69) is 41.9 Å². The SMILES string of the molecule is CC(C)c1ccc2c(c1)nc1n2CCNC1. The molecule has 1 aromatic heterocycles. The third kappa shape index (κ3) is 1.43. The Bertz CT molecular complexity index is 525. The summed E-state index contributed by atoms with van der Waals surface area (Å²) in [6, 6.07) is 6.67.